The first-order chi connectivity index (χ1) is 8.97. The number of anilines is 1. The molecule has 19 heavy (non-hydrogen) atoms. The molecule has 0 aliphatic heterocycles. The number of hydrogen-bond acceptors (Lipinski definition) is 2. The van der Waals surface area contributed by atoms with Gasteiger partial charge in [-0.05, 0) is 25.0 Å². The molecule has 1 aromatic rings. The number of para-hydroxylation sites is 1. The molecule has 1 amide bonds. The lowest BCUT2D eigenvalue weighted by atomic mass is 10.2. The van der Waals surface area contributed by atoms with Gasteiger partial charge >= 0.3 is 0 Å². The molecule has 0 radical (unpaired) electrons. The first-order valence-electron chi connectivity index (χ1n) is 6.38. The summed E-state index contributed by atoms with van der Waals surface area (Å²) in [5, 5.41) is 5.38. The van der Waals surface area contributed by atoms with Gasteiger partial charge in [0.25, 0.3) is 7.52 Å². The summed E-state index contributed by atoms with van der Waals surface area (Å²) in [6.07, 6.45) is 2.89. The molecule has 1 atom stereocenters. The molecule has 0 heterocycles. The summed E-state index contributed by atoms with van der Waals surface area (Å²) in [7, 11) is -3.11. The Balaban J connectivity index is 2.07. The van der Waals surface area contributed by atoms with Crippen molar-refractivity contribution in [2.24, 2.45) is 0 Å². The summed E-state index contributed by atoms with van der Waals surface area (Å²) in [6, 6.07) is 9.35. The van der Waals surface area contributed by atoms with Gasteiger partial charge in [-0.3, -0.25) is 9.36 Å². The lowest BCUT2D eigenvalue weighted by molar-refractivity contribution is -0.116. The van der Waals surface area contributed by atoms with Crippen LogP contribution in [0.1, 0.15) is 25.7 Å². The zero-order valence-electron chi connectivity index (χ0n) is 11.1. The Morgan fingerprint density at radius 1 is 1.21 bits per heavy atom. The number of nitrogens with one attached hydrogen (secondary N) is 2. The fourth-order valence-electron chi connectivity index (χ4n) is 1.62. The molecule has 0 aliphatic rings. The SMILES string of the molecule is CP(=O)(O)NCCCCCC(=O)Nc1ccccc1. The second-order valence-corrected chi connectivity index (χ2v) is 6.59. The normalized spacial score (nSPS) is 13.8. The van der Waals surface area contributed by atoms with E-state index in [0.29, 0.717) is 13.0 Å². The van der Waals surface area contributed by atoms with Gasteiger partial charge in [0.15, 0.2) is 0 Å². The zero-order valence-corrected chi connectivity index (χ0v) is 12.0. The molecule has 1 rings (SSSR count). The minimum absolute atomic E-state index is 0.00230. The standard InChI is InChI=1S/C13H21N2O3P/c1-19(17,18)14-11-7-3-6-10-13(16)15-12-8-4-2-5-9-12/h2,4-5,8-9H,3,6-7,10-11H2,1H3,(H,15,16)(H2,14,17,18). The molecule has 106 valence electrons. The van der Waals surface area contributed by atoms with E-state index in [4.69, 9.17) is 4.89 Å². The lowest BCUT2D eigenvalue weighted by Gasteiger charge is -2.07. The molecule has 0 fully saturated rings. The summed E-state index contributed by atoms with van der Waals surface area (Å²) in [6.45, 7) is 1.78. The largest absolute Gasteiger partial charge is 0.333 e. The molecule has 0 aromatic heterocycles. The van der Waals surface area contributed by atoms with Crippen molar-refractivity contribution in [2.45, 2.75) is 25.7 Å². The van der Waals surface area contributed by atoms with E-state index in [1.165, 1.54) is 6.66 Å². The fourth-order valence-corrected chi connectivity index (χ4v) is 2.19. The van der Waals surface area contributed by atoms with E-state index in [9.17, 15) is 9.36 Å². The molecule has 6 heteroatoms. The number of amides is 1. The van der Waals surface area contributed by atoms with Gasteiger partial charge in [0, 0.05) is 25.3 Å². The molecular formula is C13H21N2O3P. The van der Waals surface area contributed by atoms with Crippen molar-refractivity contribution in [3.63, 3.8) is 0 Å². The van der Waals surface area contributed by atoms with Crippen LogP contribution in [0.5, 0.6) is 0 Å². The topological polar surface area (TPSA) is 78.4 Å². The molecule has 5 nitrogen and oxygen atoms in total. The van der Waals surface area contributed by atoms with Gasteiger partial charge in [0.1, 0.15) is 0 Å². The average molecular weight is 284 g/mol. The van der Waals surface area contributed by atoms with E-state index in [1.807, 2.05) is 30.3 Å². The second-order valence-electron chi connectivity index (χ2n) is 4.51. The molecule has 1 aromatic carbocycles. The Kier molecular flexibility index (Phi) is 6.78. The van der Waals surface area contributed by atoms with E-state index in [0.717, 1.165) is 24.9 Å². The van der Waals surface area contributed by atoms with Gasteiger partial charge in [0.05, 0.1) is 0 Å². The zero-order chi connectivity index (χ0) is 14.1. The summed E-state index contributed by atoms with van der Waals surface area (Å²) in [5.74, 6) is 0.00230. The quantitative estimate of drug-likeness (QED) is 0.506. The minimum Gasteiger partial charge on any atom is -0.333 e. The number of hydrogen-bond donors (Lipinski definition) is 3. The number of carbonyl (C=O) groups is 1. The van der Waals surface area contributed by atoms with Crippen molar-refractivity contribution in [3.8, 4) is 0 Å². The van der Waals surface area contributed by atoms with Crippen LogP contribution in [-0.4, -0.2) is 24.0 Å². The van der Waals surface area contributed by atoms with Gasteiger partial charge in [-0.1, -0.05) is 24.6 Å². The summed E-state index contributed by atoms with van der Waals surface area (Å²) < 4.78 is 10.9. The van der Waals surface area contributed by atoms with E-state index < -0.39 is 7.52 Å². The van der Waals surface area contributed by atoms with Crippen LogP contribution in [0.25, 0.3) is 0 Å². The Hall–Kier alpha value is -1.16. The van der Waals surface area contributed by atoms with Crippen LogP contribution in [0.15, 0.2) is 30.3 Å². The smallest absolute Gasteiger partial charge is 0.264 e. The molecule has 0 spiro atoms. The second kappa shape index (κ2) is 8.10. The molecule has 0 bridgehead atoms. The monoisotopic (exact) mass is 284 g/mol. The van der Waals surface area contributed by atoms with Crippen LogP contribution in [-0.2, 0) is 9.36 Å². The summed E-state index contributed by atoms with van der Waals surface area (Å²) in [4.78, 5) is 20.6. The molecular weight excluding hydrogens is 263 g/mol. The van der Waals surface area contributed by atoms with Gasteiger partial charge in [0.2, 0.25) is 5.91 Å². The van der Waals surface area contributed by atoms with Crippen molar-refractivity contribution in [2.75, 3.05) is 18.5 Å². The van der Waals surface area contributed by atoms with Crippen LogP contribution in [0, 0.1) is 0 Å². The van der Waals surface area contributed by atoms with Gasteiger partial charge in [-0.25, -0.2) is 5.09 Å². The van der Waals surface area contributed by atoms with Crippen LogP contribution in [0.3, 0.4) is 0 Å². The summed E-state index contributed by atoms with van der Waals surface area (Å²) >= 11 is 0. The maximum Gasteiger partial charge on any atom is 0.264 e. The highest BCUT2D eigenvalue weighted by atomic mass is 31.2. The van der Waals surface area contributed by atoms with Crippen molar-refractivity contribution >= 4 is 19.1 Å². The molecule has 0 saturated heterocycles. The van der Waals surface area contributed by atoms with Crippen LogP contribution in [0.2, 0.25) is 0 Å². The van der Waals surface area contributed by atoms with Crippen LogP contribution >= 0.6 is 7.52 Å². The summed E-state index contributed by atoms with van der Waals surface area (Å²) in [5.41, 5.74) is 0.807. The third-order valence-corrected chi connectivity index (χ3v) is 3.35. The highest BCUT2D eigenvalue weighted by Gasteiger charge is 2.06. The van der Waals surface area contributed by atoms with Crippen molar-refractivity contribution in [1.82, 2.24) is 5.09 Å². The Bertz CT molecular complexity index is 431. The first kappa shape index (κ1) is 15.9. The molecule has 0 saturated carbocycles. The van der Waals surface area contributed by atoms with Crippen molar-refractivity contribution < 1.29 is 14.3 Å². The maximum absolute atomic E-state index is 11.6. The number of rotatable bonds is 8. The Labute approximate surface area is 113 Å². The predicted octanol–water partition coefficient (Wildman–Crippen LogP) is 2.59. The number of unbranched alkanes of at least 4 members (excludes halogenated alkanes) is 2. The van der Waals surface area contributed by atoms with Gasteiger partial charge in [-0.15, -0.1) is 0 Å². The predicted molar refractivity (Wildman–Crippen MR) is 77.3 cm³/mol. The highest BCUT2D eigenvalue weighted by molar-refractivity contribution is 7.54. The lowest BCUT2D eigenvalue weighted by Crippen LogP contribution is -2.12. The van der Waals surface area contributed by atoms with E-state index in [2.05, 4.69) is 10.4 Å². The van der Waals surface area contributed by atoms with E-state index >= 15 is 0 Å². The van der Waals surface area contributed by atoms with E-state index in [1.54, 1.807) is 0 Å². The number of benzene rings is 1. The third kappa shape index (κ3) is 8.54. The average Bonchev–Trinajstić information content (AvgIpc) is 2.33. The Morgan fingerprint density at radius 2 is 1.89 bits per heavy atom. The fraction of sp³-hybridized carbons (Fsp3) is 0.462. The maximum atomic E-state index is 11.6. The van der Waals surface area contributed by atoms with Crippen LogP contribution < -0.4 is 10.4 Å². The minimum atomic E-state index is -3.11. The molecule has 0 aliphatic carbocycles. The third-order valence-electron chi connectivity index (χ3n) is 2.54. The van der Waals surface area contributed by atoms with Crippen LogP contribution in [0.4, 0.5) is 5.69 Å². The van der Waals surface area contributed by atoms with Crippen molar-refractivity contribution in [1.29, 1.82) is 0 Å². The van der Waals surface area contributed by atoms with E-state index in [-0.39, 0.29) is 5.91 Å². The van der Waals surface area contributed by atoms with Gasteiger partial charge in [-0.2, -0.15) is 0 Å². The van der Waals surface area contributed by atoms with Gasteiger partial charge < -0.3 is 10.2 Å². The first-order valence-corrected chi connectivity index (χ1v) is 8.48. The van der Waals surface area contributed by atoms with Crippen molar-refractivity contribution in [3.05, 3.63) is 30.3 Å². The highest BCUT2D eigenvalue weighted by Crippen LogP contribution is 2.28. The number of carbonyl (C=O) groups excluding carboxylic acids is 1. The Morgan fingerprint density at radius 3 is 2.53 bits per heavy atom. The molecule has 1 unspecified atom stereocenters. The molecule has 3 N–H and O–H groups in total.